The van der Waals surface area contributed by atoms with E-state index in [2.05, 4.69) is 15.6 Å². The number of carbonyl (C=O) groups excluding carboxylic acids is 1. The Hall–Kier alpha value is -2.04. The normalized spacial score (nSPS) is 13.8. The fourth-order valence-corrected chi connectivity index (χ4v) is 1.52. The van der Waals surface area contributed by atoms with Crippen LogP contribution in [0.25, 0.3) is 0 Å². The van der Waals surface area contributed by atoms with Crippen molar-refractivity contribution in [1.82, 2.24) is 5.32 Å². The molecule has 0 radical (unpaired) electrons. The number of hydrogen-bond donors (Lipinski definition) is 2. The van der Waals surface area contributed by atoms with Gasteiger partial charge in [-0.3, -0.25) is 4.99 Å². The Labute approximate surface area is 99.9 Å². The number of ether oxygens (including phenoxy) is 1. The van der Waals surface area contributed by atoms with Gasteiger partial charge in [0.2, 0.25) is 0 Å². The second-order valence-electron chi connectivity index (χ2n) is 3.58. The average Bonchev–Trinajstić information content (AvgIpc) is 2.83. The second kappa shape index (κ2) is 5.34. The zero-order valence-corrected chi connectivity index (χ0v) is 9.69. The van der Waals surface area contributed by atoms with E-state index in [9.17, 15) is 4.79 Å². The van der Waals surface area contributed by atoms with E-state index in [1.165, 1.54) is 0 Å². The van der Waals surface area contributed by atoms with E-state index in [0.29, 0.717) is 12.2 Å². The summed E-state index contributed by atoms with van der Waals surface area (Å²) in [5.74, 6) is 0.476. The van der Waals surface area contributed by atoms with Crippen LogP contribution in [0.3, 0.4) is 0 Å². The summed E-state index contributed by atoms with van der Waals surface area (Å²) < 4.78 is 4.91. The van der Waals surface area contributed by atoms with Gasteiger partial charge < -0.3 is 15.4 Å². The van der Waals surface area contributed by atoms with Crippen molar-refractivity contribution in [3.63, 3.8) is 0 Å². The van der Waals surface area contributed by atoms with Crippen molar-refractivity contribution in [2.24, 2.45) is 4.99 Å². The molecule has 0 spiro atoms. The third-order valence-corrected chi connectivity index (χ3v) is 2.33. The summed E-state index contributed by atoms with van der Waals surface area (Å²) in [6, 6.07) is 7.12. The van der Waals surface area contributed by atoms with Crippen molar-refractivity contribution in [2.45, 2.75) is 6.92 Å². The molecule has 1 heterocycles. The molecule has 2 N–H and O–H groups in total. The second-order valence-corrected chi connectivity index (χ2v) is 3.58. The SMILES string of the molecule is CCOC(=O)c1ccc(NC2=NCCN2)cc1. The Bertz CT molecular complexity index is 426. The molecule has 1 aliphatic rings. The van der Waals surface area contributed by atoms with Crippen LogP contribution in [0.15, 0.2) is 29.3 Å². The Balaban J connectivity index is 1.99. The van der Waals surface area contributed by atoms with Crippen LogP contribution in [-0.2, 0) is 4.74 Å². The van der Waals surface area contributed by atoms with Gasteiger partial charge in [-0.25, -0.2) is 4.79 Å². The molecule has 90 valence electrons. The van der Waals surface area contributed by atoms with Gasteiger partial charge in [-0.2, -0.15) is 0 Å². The monoisotopic (exact) mass is 233 g/mol. The number of aliphatic imine (C=N–C) groups is 1. The highest BCUT2D eigenvalue weighted by molar-refractivity contribution is 5.95. The number of nitrogens with zero attached hydrogens (tertiary/aromatic N) is 1. The molecular formula is C12H15N3O2. The minimum Gasteiger partial charge on any atom is -0.462 e. The maximum atomic E-state index is 11.4. The molecule has 0 unspecified atom stereocenters. The molecule has 1 aromatic carbocycles. The molecule has 2 rings (SSSR count). The maximum Gasteiger partial charge on any atom is 0.338 e. The predicted molar refractivity (Wildman–Crippen MR) is 66.3 cm³/mol. The van der Waals surface area contributed by atoms with Gasteiger partial charge in [0.25, 0.3) is 0 Å². The van der Waals surface area contributed by atoms with Crippen molar-refractivity contribution >= 4 is 17.6 Å². The molecule has 5 nitrogen and oxygen atoms in total. The van der Waals surface area contributed by atoms with Crippen molar-refractivity contribution in [3.8, 4) is 0 Å². The molecule has 1 aromatic rings. The molecule has 0 bridgehead atoms. The zero-order chi connectivity index (χ0) is 12.1. The molecular weight excluding hydrogens is 218 g/mol. The number of anilines is 1. The summed E-state index contributed by atoms with van der Waals surface area (Å²) in [6.45, 7) is 3.84. The average molecular weight is 233 g/mol. The number of esters is 1. The van der Waals surface area contributed by atoms with Crippen LogP contribution in [0.5, 0.6) is 0 Å². The molecule has 0 saturated carbocycles. The van der Waals surface area contributed by atoms with Crippen LogP contribution in [0.4, 0.5) is 5.69 Å². The van der Waals surface area contributed by atoms with E-state index in [1.54, 1.807) is 19.1 Å². The molecule has 0 atom stereocenters. The van der Waals surface area contributed by atoms with E-state index in [1.807, 2.05) is 12.1 Å². The summed E-state index contributed by atoms with van der Waals surface area (Å²) in [4.78, 5) is 15.6. The highest BCUT2D eigenvalue weighted by Gasteiger charge is 2.07. The molecule has 0 amide bonds. The summed E-state index contributed by atoms with van der Waals surface area (Å²) >= 11 is 0. The lowest BCUT2D eigenvalue weighted by Gasteiger charge is -2.07. The lowest BCUT2D eigenvalue weighted by Crippen LogP contribution is -2.26. The van der Waals surface area contributed by atoms with Gasteiger partial charge in [0, 0.05) is 12.2 Å². The molecule has 0 fully saturated rings. The van der Waals surface area contributed by atoms with Gasteiger partial charge in [-0.15, -0.1) is 0 Å². The topological polar surface area (TPSA) is 62.7 Å². The first kappa shape index (κ1) is 11.4. The Morgan fingerprint density at radius 2 is 2.24 bits per heavy atom. The quantitative estimate of drug-likeness (QED) is 0.771. The van der Waals surface area contributed by atoms with Crippen molar-refractivity contribution in [1.29, 1.82) is 0 Å². The predicted octanol–water partition coefficient (Wildman–Crippen LogP) is 1.23. The van der Waals surface area contributed by atoms with Crippen LogP contribution in [0.2, 0.25) is 0 Å². The van der Waals surface area contributed by atoms with Crippen LogP contribution in [0.1, 0.15) is 17.3 Å². The third-order valence-electron chi connectivity index (χ3n) is 2.33. The Morgan fingerprint density at radius 3 is 2.82 bits per heavy atom. The minimum absolute atomic E-state index is 0.296. The van der Waals surface area contributed by atoms with Crippen LogP contribution >= 0.6 is 0 Å². The van der Waals surface area contributed by atoms with Crippen LogP contribution in [-0.4, -0.2) is 31.6 Å². The minimum atomic E-state index is -0.296. The van der Waals surface area contributed by atoms with Crippen molar-refractivity contribution in [2.75, 3.05) is 25.0 Å². The van der Waals surface area contributed by atoms with E-state index in [0.717, 1.165) is 24.7 Å². The summed E-state index contributed by atoms with van der Waals surface area (Å²) in [5, 5.41) is 6.24. The van der Waals surface area contributed by atoms with Gasteiger partial charge in [0.15, 0.2) is 5.96 Å². The lowest BCUT2D eigenvalue weighted by atomic mass is 10.2. The first-order valence-corrected chi connectivity index (χ1v) is 5.62. The fraction of sp³-hybridized carbons (Fsp3) is 0.333. The van der Waals surface area contributed by atoms with Gasteiger partial charge in [0.05, 0.1) is 18.7 Å². The van der Waals surface area contributed by atoms with E-state index < -0.39 is 0 Å². The number of benzene rings is 1. The first-order valence-electron chi connectivity index (χ1n) is 5.62. The molecule has 0 aliphatic carbocycles. The lowest BCUT2D eigenvalue weighted by molar-refractivity contribution is 0.0526. The summed E-state index contributed by atoms with van der Waals surface area (Å²) in [6.07, 6.45) is 0. The smallest absolute Gasteiger partial charge is 0.338 e. The number of nitrogens with one attached hydrogen (secondary N) is 2. The molecule has 17 heavy (non-hydrogen) atoms. The molecule has 0 saturated heterocycles. The van der Waals surface area contributed by atoms with Gasteiger partial charge in [-0.1, -0.05) is 0 Å². The van der Waals surface area contributed by atoms with E-state index in [4.69, 9.17) is 4.74 Å². The summed E-state index contributed by atoms with van der Waals surface area (Å²) in [5.41, 5.74) is 1.45. The largest absolute Gasteiger partial charge is 0.462 e. The maximum absolute atomic E-state index is 11.4. The van der Waals surface area contributed by atoms with Gasteiger partial charge in [0.1, 0.15) is 0 Å². The van der Waals surface area contributed by atoms with Gasteiger partial charge in [-0.05, 0) is 31.2 Å². The number of carbonyl (C=O) groups is 1. The number of guanidine groups is 1. The van der Waals surface area contributed by atoms with Crippen LogP contribution < -0.4 is 10.6 Å². The molecule has 0 aromatic heterocycles. The summed E-state index contributed by atoms with van der Waals surface area (Å²) in [7, 11) is 0. The third kappa shape index (κ3) is 2.96. The Kier molecular flexibility index (Phi) is 3.59. The highest BCUT2D eigenvalue weighted by Crippen LogP contribution is 2.10. The molecule has 1 aliphatic heterocycles. The fourth-order valence-electron chi connectivity index (χ4n) is 1.52. The van der Waals surface area contributed by atoms with Crippen LogP contribution in [0, 0.1) is 0 Å². The number of hydrogen-bond acceptors (Lipinski definition) is 5. The van der Waals surface area contributed by atoms with E-state index in [-0.39, 0.29) is 5.97 Å². The first-order chi connectivity index (χ1) is 8.29. The zero-order valence-electron chi connectivity index (χ0n) is 9.69. The van der Waals surface area contributed by atoms with Crippen molar-refractivity contribution in [3.05, 3.63) is 29.8 Å². The van der Waals surface area contributed by atoms with Crippen molar-refractivity contribution < 1.29 is 9.53 Å². The Morgan fingerprint density at radius 1 is 1.47 bits per heavy atom. The number of rotatable bonds is 3. The highest BCUT2D eigenvalue weighted by atomic mass is 16.5. The standard InChI is InChI=1S/C12H15N3O2/c1-2-17-11(16)9-3-5-10(6-4-9)15-12-13-7-8-14-12/h3-6H,2,7-8H2,1H3,(H2,13,14,15). The van der Waals surface area contributed by atoms with Gasteiger partial charge >= 0.3 is 5.97 Å². The van der Waals surface area contributed by atoms with E-state index >= 15 is 0 Å². The molecule has 5 heteroatoms.